The first kappa shape index (κ1) is 27.8. The number of pyridine rings is 1. The Hall–Kier alpha value is -3.27. The molecule has 0 amide bonds. The van der Waals surface area contributed by atoms with E-state index < -0.39 is 29.6 Å². The Kier molecular flexibility index (Phi) is 7.92. The van der Waals surface area contributed by atoms with Crippen molar-refractivity contribution < 1.29 is 40.9 Å². The van der Waals surface area contributed by atoms with E-state index >= 15 is 0 Å². The molecule has 204 valence electrons. The van der Waals surface area contributed by atoms with Gasteiger partial charge in [0.05, 0.1) is 12.2 Å². The number of nitrogens with zero attached hydrogens (tertiary/aromatic N) is 1. The van der Waals surface area contributed by atoms with Crippen molar-refractivity contribution in [3.05, 3.63) is 76.7 Å². The Bertz CT molecular complexity index is 1270. The molecule has 1 N–H and O–H groups in total. The molecule has 0 saturated heterocycles. The van der Waals surface area contributed by atoms with Crippen LogP contribution in [0.2, 0.25) is 0 Å². The van der Waals surface area contributed by atoms with Crippen molar-refractivity contribution in [2.24, 2.45) is 5.92 Å². The summed E-state index contributed by atoms with van der Waals surface area (Å²) in [7, 11) is 0. The van der Waals surface area contributed by atoms with Gasteiger partial charge in [-0.25, -0.2) is 18.2 Å². The number of hydrogen-bond acceptors (Lipinski definition) is 4. The van der Waals surface area contributed by atoms with Crippen molar-refractivity contribution in [2.75, 3.05) is 6.61 Å². The van der Waals surface area contributed by atoms with Crippen LogP contribution in [0.1, 0.15) is 42.5 Å². The summed E-state index contributed by atoms with van der Waals surface area (Å²) in [5, 5.41) is 9.60. The van der Waals surface area contributed by atoms with Crippen LogP contribution in [0.4, 0.5) is 26.3 Å². The zero-order chi connectivity index (χ0) is 27.7. The predicted octanol–water partition coefficient (Wildman–Crippen LogP) is 7.01. The summed E-state index contributed by atoms with van der Waals surface area (Å²) in [6.07, 6.45) is -4.61. The van der Waals surface area contributed by atoms with Crippen LogP contribution in [0, 0.1) is 11.7 Å². The number of rotatable bonds is 9. The van der Waals surface area contributed by atoms with Crippen LogP contribution in [0.15, 0.2) is 48.7 Å². The van der Waals surface area contributed by atoms with Crippen molar-refractivity contribution >= 4 is 0 Å². The molecule has 3 aromatic rings. The van der Waals surface area contributed by atoms with Gasteiger partial charge in [0.15, 0.2) is 0 Å². The first-order chi connectivity index (χ1) is 17.8. The minimum Gasteiger partial charge on any atom is -0.493 e. The molecule has 4 nitrogen and oxygen atoms in total. The van der Waals surface area contributed by atoms with Gasteiger partial charge < -0.3 is 14.6 Å². The van der Waals surface area contributed by atoms with Gasteiger partial charge in [0.2, 0.25) is 5.88 Å². The maximum atomic E-state index is 14.7. The number of alkyl halides is 5. The maximum absolute atomic E-state index is 14.7. The molecule has 2 aromatic carbocycles. The van der Waals surface area contributed by atoms with Crippen LogP contribution in [0.25, 0.3) is 11.1 Å². The van der Waals surface area contributed by atoms with Crippen LogP contribution in [-0.4, -0.2) is 28.7 Å². The Morgan fingerprint density at radius 3 is 2.37 bits per heavy atom. The number of aromatic nitrogens is 1. The highest BCUT2D eigenvalue weighted by Crippen LogP contribution is 2.39. The third-order valence-corrected chi connectivity index (χ3v) is 6.57. The monoisotopic (exact) mass is 539 g/mol. The largest absolute Gasteiger partial charge is 0.493 e. The fourth-order valence-electron chi connectivity index (χ4n) is 4.35. The molecule has 1 aliphatic rings. The Balaban J connectivity index is 1.53. The molecule has 0 aliphatic heterocycles. The molecule has 0 fully saturated rings. The fourth-order valence-corrected chi connectivity index (χ4v) is 4.35. The molecule has 0 saturated carbocycles. The van der Waals surface area contributed by atoms with Crippen LogP contribution in [0.5, 0.6) is 11.6 Å². The Morgan fingerprint density at radius 2 is 1.71 bits per heavy atom. The van der Waals surface area contributed by atoms with Crippen LogP contribution < -0.4 is 9.47 Å². The maximum Gasteiger partial charge on any atom is 0.417 e. The molecular formula is C28H27F6NO3. The van der Waals surface area contributed by atoms with Gasteiger partial charge in [-0.15, -0.1) is 0 Å². The lowest BCUT2D eigenvalue weighted by Crippen LogP contribution is -2.35. The highest BCUT2D eigenvalue weighted by molar-refractivity contribution is 5.69. The van der Waals surface area contributed by atoms with Crippen molar-refractivity contribution in [2.45, 2.75) is 57.9 Å². The first-order valence-electron chi connectivity index (χ1n) is 12.1. The van der Waals surface area contributed by atoms with Gasteiger partial charge in [-0.3, -0.25) is 0 Å². The molecule has 0 spiro atoms. The standard InChI is InChI=1S/C28H27F6NO3/c1-16-9-18-12-25(35-14-19(18)10-16)38-15-20-11-22(23(13-24(20)29)28(32,33)34)17-3-5-21(6-4-17)37-8-7-27(2,36)26(30)31/h3-6,11-14,16,26,36H,7-10,15H2,1-2H3. The average Bonchev–Trinajstić information content (AvgIpc) is 3.22. The molecule has 38 heavy (non-hydrogen) atoms. The van der Waals surface area contributed by atoms with Crippen molar-refractivity contribution in [1.82, 2.24) is 4.98 Å². The van der Waals surface area contributed by atoms with Crippen molar-refractivity contribution in [3.8, 4) is 22.8 Å². The lowest BCUT2D eigenvalue weighted by molar-refractivity contribution is -0.137. The SMILES string of the molecule is CC1Cc2cnc(OCc3cc(-c4ccc(OCCC(C)(O)C(F)F)cc4)c(C(F)(F)F)cc3F)cc2C1. The molecular weight excluding hydrogens is 512 g/mol. The van der Waals surface area contributed by atoms with Gasteiger partial charge in [0.1, 0.15) is 23.8 Å². The van der Waals surface area contributed by atoms with E-state index in [0.29, 0.717) is 12.0 Å². The van der Waals surface area contributed by atoms with E-state index in [1.54, 1.807) is 12.3 Å². The minimum absolute atomic E-state index is 0.0711. The highest BCUT2D eigenvalue weighted by Gasteiger charge is 2.35. The molecule has 2 atom stereocenters. The van der Waals surface area contributed by atoms with Gasteiger partial charge in [0, 0.05) is 24.2 Å². The van der Waals surface area contributed by atoms with Crippen LogP contribution in [0.3, 0.4) is 0 Å². The predicted molar refractivity (Wildman–Crippen MR) is 129 cm³/mol. The van der Waals surface area contributed by atoms with Gasteiger partial charge in [-0.2, -0.15) is 13.2 Å². The van der Waals surface area contributed by atoms with Crippen LogP contribution in [-0.2, 0) is 25.6 Å². The number of ether oxygens (including phenoxy) is 2. The van der Waals surface area contributed by atoms with E-state index in [1.165, 1.54) is 24.3 Å². The summed E-state index contributed by atoms with van der Waals surface area (Å²) >= 11 is 0. The van der Waals surface area contributed by atoms with Gasteiger partial charge in [-0.1, -0.05) is 19.1 Å². The number of aliphatic hydroxyl groups is 1. The summed E-state index contributed by atoms with van der Waals surface area (Å²) in [6.45, 7) is 2.57. The van der Waals surface area contributed by atoms with E-state index in [4.69, 9.17) is 9.47 Å². The van der Waals surface area contributed by atoms with Crippen molar-refractivity contribution in [1.29, 1.82) is 0 Å². The fraction of sp³-hybridized carbons (Fsp3) is 0.393. The van der Waals surface area contributed by atoms with E-state index in [2.05, 4.69) is 11.9 Å². The quantitative estimate of drug-likeness (QED) is 0.298. The van der Waals surface area contributed by atoms with Gasteiger partial charge in [-0.05, 0) is 72.2 Å². The molecule has 1 heterocycles. The second-order valence-electron chi connectivity index (χ2n) is 9.86. The molecule has 1 aromatic heterocycles. The van der Waals surface area contributed by atoms with E-state index in [1.807, 2.05) is 0 Å². The molecule has 1 aliphatic carbocycles. The second-order valence-corrected chi connectivity index (χ2v) is 9.86. The molecule has 10 heteroatoms. The average molecular weight is 540 g/mol. The van der Waals surface area contributed by atoms with Gasteiger partial charge in [0.25, 0.3) is 6.43 Å². The Morgan fingerprint density at radius 1 is 1.03 bits per heavy atom. The number of benzene rings is 2. The molecule has 0 bridgehead atoms. The molecule has 0 radical (unpaired) electrons. The summed E-state index contributed by atoms with van der Waals surface area (Å²) in [5.41, 5.74) is -1.32. The second kappa shape index (κ2) is 10.8. The molecule has 2 unspecified atom stereocenters. The highest BCUT2D eigenvalue weighted by atomic mass is 19.4. The summed E-state index contributed by atoms with van der Waals surface area (Å²) in [6, 6.07) is 8.80. The third-order valence-electron chi connectivity index (χ3n) is 6.57. The number of halogens is 6. The van der Waals surface area contributed by atoms with Crippen LogP contribution >= 0.6 is 0 Å². The third kappa shape index (κ3) is 6.40. The van der Waals surface area contributed by atoms with E-state index in [9.17, 15) is 31.4 Å². The summed E-state index contributed by atoms with van der Waals surface area (Å²) in [4.78, 5) is 4.23. The normalized spacial score (nSPS) is 16.8. The first-order valence-corrected chi connectivity index (χ1v) is 12.1. The minimum atomic E-state index is -4.82. The molecule has 4 rings (SSSR count). The van der Waals surface area contributed by atoms with Crippen molar-refractivity contribution in [3.63, 3.8) is 0 Å². The summed E-state index contributed by atoms with van der Waals surface area (Å²) < 4.78 is 92.5. The lowest BCUT2D eigenvalue weighted by Gasteiger charge is -2.22. The smallest absolute Gasteiger partial charge is 0.417 e. The number of fused-ring (bicyclic) bond motifs is 1. The summed E-state index contributed by atoms with van der Waals surface area (Å²) in [5.74, 6) is -0.0794. The topological polar surface area (TPSA) is 51.6 Å². The Labute approximate surface area is 216 Å². The lowest BCUT2D eigenvalue weighted by atomic mass is 9.96. The zero-order valence-electron chi connectivity index (χ0n) is 20.8. The van der Waals surface area contributed by atoms with E-state index in [0.717, 1.165) is 37.0 Å². The number of hydrogen-bond donors (Lipinski definition) is 1. The van der Waals surface area contributed by atoms with Gasteiger partial charge >= 0.3 is 6.18 Å². The zero-order valence-corrected chi connectivity index (χ0v) is 20.8. The van der Waals surface area contributed by atoms with E-state index in [-0.39, 0.29) is 48.0 Å².